The first-order valence-corrected chi connectivity index (χ1v) is 11.2. The first-order valence-electron chi connectivity index (χ1n) is 11.2. The van der Waals surface area contributed by atoms with Gasteiger partial charge in [0.2, 0.25) is 0 Å². The number of piperidine rings is 1. The lowest BCUT2D eigenvalue weighted by Crippen LogP contribution is -2.42. The van der Waals surface area contributed by atoms with Gasteiger partial charge in [-0.1, -0.05) is 30.3 Å². The molecule has 152 valence electrons. The smallest absolute Gasteiger partial charge is 0.157 e. The molecule has 5 rings (SSSR count). The number of nitrogens with zero attached hydrogens (tertiary/aromatic N) is 4. The van der Waals surface area contributed by atoms with E-state index in [2.05, 4.69) is 51.2 Å². The summed E-state index contributed by atoms with van der Waals surface area (Å²) in [7, 11) is 0. The van der Waals surface area contributed by atoms with Gasteiger partial charge in [0, 0.05) is 24.8 Å². The topological polar surface area (TPSA) is 48.1 Å². The fraction of sp³-hybridized carbons (Fsp3) is 0.500. The van der Waals surface area contributed by atoms with Crippen molar-refractivity contribution in [3.63, 3.8) is 0 Å². The molecule has 1 N–H and O–H groups in total. The van der Waals surface area contributed by atoms with Gasteiger partial charge in [-0.3, -0.25) is 0 Å². The van der Waals surface area contributed by atoms with Gasteiger partial charge in [0.15, 0.2) is 5.82 Å². The molecule has 1 atom stereocenters. The summed E-state index contributed by atoms with van der Waals surface area (Å²) in [4.78, 5) is 18.5. The van der Waals surface area contributed by atoms with Gasteiger partial charge in [0.25, 0.3) is 0 Å². The highest BCUT2D eigenvalue weighted by Gasteiger charge is 2.27. The predicted octanol–water partition coefficient (Wildman–Crippen LogP) is 4.78. The zero-order valence-electron chi connectivity index (χ0n) is 17.4. The van der Waals surface area contributed by atoms with Crippen molar-refractivity contribution in [2.24, 2.45) is 0 Å². The molecule has 0 aliphatic carbocycles. The van der Waals surface area contributed by atoms with Gasteiger partial charge in [-0.15, -0.1) is 0 Å². The van der Waals surface area contributed by atoms with Crippen molar-refractivity contribution in [1.29, 1.82) is 0 Å². The Labute approximate surface area is 173 Å². The second-order valence-corrected chi connectivity index (χ2v) is 8.58. The van der Waals surface area contributed by atoms with Crippen LogP contribution in [0.3, 0.4) is 0 Å². The number of rotatable bonds is 5. The molecule has 1 unspecified atom stereocenters. The molecule has 0 spiro atoms. The molecule has 5 heteroatoms. The van der Waals surface area contributed by atoms with Gasteiger partial charge < -0.3 is 14.8 Å². The van der Waals surface area contributed by atoms with Crippen LogP contribution in [0.25, 0.3) is 22.3 Å². The van der Waals surface area contributed by atoms with Gasteiger partial charge in [-0.05, 0) is 70.2 Å². The standard InChI is InChI=1S/C24H31N5/c1-18-25-22-17-21(19-9-3-2-4-10-19)27-23(22)24(26-18)29-15-6-5-11-20(29)12-16-28-13-7-8-14-28/h2-4,9-10,17,20,27H,5-8,11-16H2,1H3. The van der Waals surface area contributed by atoms with Crippen molar-refractivity contribution in [2.75, 3.05) is 31.1 Å². The van der Waals surface area contributed by atoms with Crippen molar-refractivity contribution in [3.05, 3.63) is 42.2 Å². The molecule has 0 radical (unpaired) electrons. The van der Waals surface area contributed by atoms with E-state index in [4.69, 9.17) is 9.97 Å². The zero-order chi connectivity index (χ0) is 19.6. The van der Waals surface area contributed by atoms with Crippen molar-refractivity contribution in [2.45, 2.75) is 51.5 Å². The summed E-state index contributed by atoms with van der Waals surface area (Å²) in [6, 6.07) is 13.3. The Bertz CT molecular complexity index is 958. The van der Waals surface area contributed by atoms with Gasteiger partial charge in [-0.25, -0.2) is 9.97 Å². The molecule has 4 heterocycles. The lowest BCUT2D eigenvalue weighted by Gasteiger charge is -2.37. The quantitative estimate of drug-likeness (QED) is 0.682. The summed E-state index contributed by atoms with van der Waals surface area (Å²) < 4.78 is 0. The van der Waals surface area contributed by atoms with E-state index in [-0.39, 0.29) is 0 Å². The van der Waals surface area contributed by atoms with Crippen LogP contribution in [0.5, 0.6) is 0 Å². The number of hydrogen-bond donors (Lipinski definition) is 1. The Kier molecular flexibility index (Phi) is 5.23. The van der Waals surface area contributed by atoms with Crippen LogP contribution in [0.2, 0.25) is 0 Å². The number of likely N-dealkylation sites (tertiary alicyclic amines) is 1. The summed E-state index contributed by atoms with van der Waals surface area (Å²) >= 11 is 0. The fourth-order valence-electron chi connectivity index (χ4n) is 5.01. The van der Waals surface area contributed by atoms with Crippen LogP contribution in [0.15, 0.2) is 36.4 Å². The Morgan fingerprint density at radius 2 is 1.79 bits per heavy atom. The summed E-state index contributed by atoms with van der Waals surface area (Å²) in [6.45, 7) is 6.88. The highest BCUT2D eigenvalue weighted by molar-refractivity contribution is 5.91. The minimum atomic E-state index is 0.574. The van der Waals surface area contributed by atoms with E-state index >= 15 is 0 Å². The molecule has 5 nitrogen and oxygen atoms in total. The Morgan fingerprint density at radius 1 is 1.00 bits per heavy atom. The first-order chi connectivity index (χ1) is 14.3. The van der Waals surface area contributed by atoms with E-state index in [1.807, 2.05) is 6.92 Å². The second-order valence-electron chi connectivity index (χ2n) is 8.58. The van der Waals surface area contributed by atoms with E-state index in [0.29, 0.717) is 6.04 Å². The normalized spacial score (nSPS) is 20.6. The maximum atomic E-state index is 4.93. The third-order valence-corrected chi connectivity index (χ3v) is 6.53. The number of H-pyrrole nitrogens is 1. The third-order valence-electron chi connectivity index (χ3n) is 6.53. The van der Waals surface area contributed by atoms with Gasteiger partial charge in [0.05, 0.1) is 5.52 Å². The lowest BCUT2D eigenvalue weighted by molar-refractivity contribution is 0.304. The van der Waals surface area contributed by atoms with Crippen LogP contribution >= 0.6 is 0 Å². The molecular formula is C24H31N5. The van der Waals surface area contributed by atoms with Crippen molar-refractivity contribution in [1.82, 2.24) is 19.9 Å². The summed E-state index contributed by atoms with van der Waals surface area (Å²) in [5.74, 6) is 1.95. The predicted molar refractivity (Wildman–Crippen MR) is 119 cm³/mol. The number of aromatic nitrogens is 3. The summed E-state index contributed by atoms with van der Waals surface area (Å²) in [5.41, 5.74) is 4.42. The van der Waals surface area contributed by atoms with Crippen LogP contribution in [-0.4, -0.2) is 52.1 Å². The van der Waals surface area contributed by atoms with Crippen molar-refractivity contribution in [3.8, 4) is 11.3 Å². The molecule has 3 aromatic rings. The average molecular weight is 390 g/mol. The summed E-state index contributed by atoms with van der Waals surface area (Å²) in [6.07, 6.45) is 7.81. The largest absolute Gasteiger partial charge is 0.352 e. The number of anilines is 1. The van der Waals surface area contributed by atoms with E-state index in [1.165, 1.54) is 63.7 Å². The molecule has 0 saturated carbocycles. The Balaban J connectivity index is 1.47. The minimum Gasteiger partial charge on any atom is -0.352 e. The summed E-state index contributed by atoms with van der Waals surface area (Å²) in [5, 5.41) is 0. The first kappa shape index (κ1) is 18.6. The maximum absolute atomic E-state index is 4.93. The SMILES string of the molecule is Cc1nc(N2CCCCC2CCN2CCCC2)c2[nH]c(-c3ccccc3)cc2n1. The van der Waals surface area contributed by atoms with Gasteiger partial charge in [-0.2, -0.15) is 0 Å². The Morgan fingerprint density at radius 3 is 2.62 bits per heavy atom. The maximum Gasteiger partial charge on any atom is 0.157 e. The number of aromatic amines is 1. The molecule has 1 aromatic carbocycles. The zero-order valence-corrected chi connectivity index (χ0v) is 17.4. The van der Waals surface area contributed by atoms with Gasteiger partial charge in [0.1, 0.15) is 11.3 Å². The van der Waals surface area contributed by atoms with Crippen molar-refractivity contribution >= 4 is 16.9 Å². The van der Waals surface area contributed by atoms with Crippen molar-refractivity contribution < 1.29 is 0 Å². The molecule has 2 saturated heterocycles. The molecular weight excluding hydrogens is 358 g/mol. The van der Waals surface area contributed by atoms with E-state index in [1.54, 1.807) is 0 Å². The Hall–Kier alpha value is -2.40. The minimum absolute atomic E-state index is 0.574. The second kappa shape index (κ2) is 8.15. The molecule has 2 fully saturated rings. The van der Waals surface area contributed by atoms with E-state index in [9.17, 15) is 0 Å². The average Bonchev–Trinajstić information content (AvgIpc) is 3.42. The van der Waals surface area contributed by atoms with Crippen LogP contribution in [0, 0.1) is 6.92 Å². The number of benzene rings is 1. The number of hydrogen-bond acceptors (Lipinski definition) is 4. The van der Waals surface area contributed by atoms with E-state index < -0.39 is 0 Å². The third kappa shape index (κ3) is 3.88. The molecule has 29 heavy (non-hydrogen) atoms. The highest BCUT2D eigenvalue weighted by Crippen LogP contribution is 2.33. The number of nitrogens with one attached hydrogen (secondary N) is 1. The van der Waals surface area contributed by atoms with Crippen LogP contribution in [0.1, 0.15) is 44.3 Å². The van der Waals surface area contributed by atoms with E-state index in [0.717, 1.165) is 34.9 Å². The molecule has 2 aliphatic heterocycles. The number of aryl methyl sites for hydroxylation is 1. The lowest BCUT2D eigenvalue weighted by atomic mass is 9.99. The number of fused-ring (bicyclic) bond motifs is 1. The molecule has 0 bridgehead atoms. The van der Waals surface area contributed by atoms with Crippen LogP contribution in [0.4, 0.5) is 5.82 Å². The monoisotopic (exact) mass is 389 g/mol. The highest BCUT2D eigenvalue weighted by atomic mass is 15.2. The van der Waals surface area contributed by atoms with Crippen LogP contribution < -0.4 is 4.90 Å². The molecule has 2 aliphatic rings. The molecule has 0 amide bonds. The molecule has 2 aromatic heterocycles. The fourth-order valence-corrected chi connectivity index (χ4v) is 5.01. The van der Waals surface area contributed by atoms with Gasteiger partial charge >= 0.3 is 0 Å². The van der Waals surface area contributed by atoms with Crippen LogP contribution in [-0.2, 0) is 0 Å².